The zero-order valence-corrected chi connectivity index (χ0v) is 16.6. The number of para-hydroxylation sites is 1. The first kappa shape index (κ1) is 19.6. The number of carbonyl (C=O) groups excluding carboxylic acids is 2. The third-order valence-electron chi connectivity index (χ3n) is 5.12. The van der Waals surface area contributed by atoms with Crippen LogP contribution in [-0.4, -0.2) is 44.2 Å². The summed E-state index contributed by atoms with van der Waals surface area (Å²) in [6.45, 7) is 0.823. The molecule has 0 radical (unpaired) electrons. The van der Waals surface area contributed by atoms with Crippen LogP contribution in [0.15, 0.2) is 59.5 Å². The summed E-state index contributed by atoms with van der Waals surface area (Å²) in [6, 6.07) is 14.7. The number of anilines is 1. The fourth-order valence-electron chi connectivity index (χ4n) is 3.52. The average molecular weight is 406 g/mol. The molecule has 1 unspecified atom stereocenters. The number of benzene rings is 1. The number of hydrogen-bond donors (Lipinski definition) is 1. The molecule has 0 spiro atoms. The van der Waals surface area contributed by atoms with Crippen molar-refractivity contribution in [2.24, 2.45) is 13.0 Å². The Kier molecular flexibility index (Phi) is 5.42. The molecule has 3 aromatic rings. The summed E-state index contributed by atoms with van der Waals surface area (Å²) in [7, 11) is 1.64. The average Bonchev–Trinajstić information content (AvgIpc) is 3.30. The number of hydrogen-bond acceptors (Lipinski definition) is 5. The van der Waals surface area contributed by atoms with Gasteiger partial charge in [0, 0.05) is 38.4 Å². The van der Waals surface area contributed by atoms with Crippen LogP contribution in [-0.2, 0) is 23.2 Å². The van der Waals surface area contributed by atoms with E-state index >= 15 is 0 Å². The van der Waals surface area contributed by atoms with E-state index in [4.69, 9.17) is 0 Å². The van der Waals surface area contributed by atoms with E-state index in [9.17, 15) is 14.4 Å². The summed E-state index contributed by atoms with van der Waals surface area (Å²) in [5, 5.41) is 7.15. The summed E-state index contributed by atoms with van der Waals surface area (Å²) < 4.78 is 2.73. The Hall–Kier alpha value is -3.75. The van der Waals surface area contributed by atoms with Crippen molar-refractivity contribution in [2.75, 3.05) is 18.0 Å². The minimum Gasteiger partial charge on any atom is -0.354 e. The molecule has 0 aliphatic carbocycles. The van der Waals surface area contributed by atoms with Crippen LogP contribution in [0.2, 0.25) is 0 Å². The normalized spacial score (nSPS) is 16.1. The molecule has 9 nitrogen and oxygen atoms in total. The van der Waals surface area contributed by atoms with Crippen molar-refractivity contribution in [3.05, 3.63) is 65.2 Å². The SMILES string of the molecule is Cn1c(-c2ccccn2)nn(CCNC(=O)C2CC(=O)N(c3ccccc3)C2)c1=O. The predicted octanol–water partition coefficient (Wildman–Crippen LogP) is 0.813. The number of rotatable bonds is 6. The van der Waals surface area contributed by atoms with Gasteiger partial charge in [0.2, 0.25) is 11.8 Å². The molecule has 3 heterocycles. The molecule has 1 aromatic carbocycles. The molecule has 4 rings (SSSR count). The van der Waals surface area contributed by atoms with Crippen molar-refractivity contribution in [3.8, 4) is 11.5 Å². The van der Waals surface area contributed by atoms with E-state index in [1.54, 1.807) is 30.3 Å². The van der Waals surface area contributed by atoms with E-state index in [2.05, 4.69) is 15.4 Å². The lowest BCUT2D eigenvalue weighted by molar-refractivity contribution is -0.126. The van der Waals surface area contributed by atoms with Gasteiger partial charge in [-0.25, -0.2) is 9.48 Å². The standard InChI is InChI=1S/C21H22N6O3/c1-25-19(17-9-5-6-10-22-17)24-27(21(25)30)12-11-23-20(29)15-13-18(28)26(14-15)16-7-3-2-4-8-16/h2-10,15H,11-14H2,1H3,(H,23,29). The van der Waals surface area contributed by atoms with E-state index in [0.717, 1.165) is 5.69 Å². The summed E-state index contributed by atoms with van der Waals surface area (Å²) in [5.74, 6) is -0.216. The molecule has 2 aromatic heterocycles. The maximum absolute atomic E-state index is 12.5. The molecule has 0 saturated carbocycles. The summed E-state index contributed by atoms with van der Waals surface area (Å²) >= 11 is 0. The van der Waals surface area contributed by atoms with E-state index < -0.39 is 5.92 Å². The Balaban J connectivity index is 1.36. The first-order valence-corrected chi connectivity index (χ1v) is 9.73. The van der Waals surface area contributed by atoms with Crippen LogP contribution in [0.1, 0.15) is 6.42 Å². The minimum absolute atomic E-state index is 0.0673. The van der Waals surface area contributed by atoms with Gasteiger partial charge in [-0.2, -0.15) is 0 Å². The van der Waals surface area contributed by atoms with Gasteiger partial charge in [-0.1, -0.05) is 24.3 Å². The Morgan fingerprint density at radius 3 is 2.63 bits per heavy atom. The van der Waals surface area contributed by atoms with Crippen LogP contribution in [0.5, 0.6) is 0 Å². The lowest BCUT2D eigenvalue weighted by atomic mass is 10.1. The monoisotopic (exact) mass is 406 g/mol. The molecule has 0 bridgehead atoms. The van der Waals surface area contributed by atoms with Crippen LogP contribution >= 0.6 is 0 Å². The lowest BCUT2D eigenvalue weighted by Crippen LogP contribution is -2.36. The van der Waals surface area contributed by atoms with Gasteiger partial charge in [0.15, 0.2) is 5.82 Å². The molecule has 1 atom stereocenters. The highest BCUT2D eigenvalue weighted by atomic mass is 16.2. The molecule has 1 aliphatic heterocycles. The first-order chi connectivity index (χ1) is 14.5. The first-order valence-electron chi connectivity index (χ1n) is 9.73. The third kappa shape index (κ3) is 3.86. The highest BCUT2D eigenvalue weighted by Gasteiger charge is 2.34. The Morgan fingerprint density at radius 2 is 1.90 bits per heavy atom. The second-order valence-electron chi connectivity index (χ2n) is 7.14. The number of aromatic nitrogens is 4. The van der Waals surface area contributed by atoms with Gasteiger partial charge in [-0.3, -0.25) is 19.1 Å². The lowest BCUT2D eigenvalue weighted by Gasteiger charge is -2.16. The van der Waals surface area contributed by atoms with Crippen LogP contribution in [0.25, 0.3) is 11.5 Å². The molecular formula is C21H22N6O3. The zero-order chi connectivity index (χ0) is 21.1. The Bertz CT molecular complexity index is 1110. The minimum atomic E-state index is -0.415. The predicted molar refractivity (Wildman–Crippen MR) is 111 cm³/mol. The van der Waals surface area contributed by atoms with Crippen LogP contribution in [0.3, 0.4) is 0 Å². The summed E-state index contributed by atoms with van der Waals surface area (Å²) in [4.78, 5) is 43.1. The molecule has 30 heavy (non-hydrogen) atoms. The second kappa shape index (κ2) is 8.32. The number of pyridine rings is 1. The topological polar surface area (TPSA) is 102 Å². The smallest absolute Gasteiger partial charge is 0.346 e. The highest BCUT2D eigenvalue weighted by Crippen LogP contribution is 2.24. The molecule has 1 fully saturated rings. The van der Waals surface area contributed by atoms with Gasteiger partial charge in [-0.05, 0) is 24.3 Å². The molecule has 1 N–H and O–H groups in total. The third-order valence-corrected chi connectivity index (χ3v) is 5.12. The molecule has 154 valence electrons. The Labute approximate surface area is 173 Å². The number of nitrogens with zero attached hydrogens (tertiary/aromatic N) is 5. The Morgan fingerprint density at radius 1 is 1.13 bits per heavy atom. The van der Waals surface area contributed by atoms with Gasteiger partial charge < -0.3 is 10.2 Å². The molecule has 2 amide bonds. The fraction of sp³-hybridized carbons (Fsp3) is 0.286. The van der Waals surface area contributed by atoms with Crippen LogP contribution in [0, 0.1) is 5.92 Å². The molecule has 9 heteroatoms. The van der Waals surface area contributed by atoms with Crippen molar-refractivity contribution in [1.29, 1.82) is 0 Å². The van der Waals surface area contributed by atoms with Gasteiger partial charge in [-0.15, -0.1) is 5.10 Å². The van der Waals surface area contributed by atoms with Crippen LogP contribution in [0.4, 0.5) is 5.69 Å². The fourth-order valence-corrected chi connectivity index (χ4v) is 3.52. The van der Waals surface area contributed by atoms with Gasteiger partial charge >= 0.3 is 5.69 Å². The second-order valence-corrected chi connectivity index (χ2v) is 7.14. The zero-order valence-electron chi connectivity index (χ0n) is 16.6. The van der Waals surface area contributed by atoms with Crippen LogP contribution < -0.4 is 15.9 Å². The molecule has 1 aliphatic rings. The molecule has 1 saturated heterocycles. The van der Waals surface area contributed by atoms with Gasteiger partial charge in [0.25, 0.3) is 0 Å². The molecular weight excluding hydrogens is 384 g/mol. The van der Waals surface area contributed by atoms with E-state index in [1.165, 1.54) is 9.25 Å². The van der Waals surface area contributed by atoms with Gasteiger partial charge in [0.05, 0.1) is 12.5 Å². The number of carbonyl (C=O) groups is 2. The van der Waals surface area contributed by atoms with Gasteiger partial charge in [0.1, 0.15) is 5.69 Å². The number of amides is 2. The summed E-state index contributed by atoms with van der Waals surface area (Å²) in [5.41, 5.74) is 1.11. The van der Waals surface area contributed by atoms with Crippen molar-refractivity contribution >= 4 is 17.5 Å². The van der Waals surface area contributed by atoms with E-state index in [1.807, 2.05) is 36.4 Å². The maximum Gasteiger partial charge on any atom is 0.346 e. The van der Waals surface area contributed by atoms with Crippen molar-refractivity contribution in [1.82, 2.24) is 24.6 Å². The highest BCUT2D eigenvalue weighted by molar-refractivity contribution is 6.00. The van der Waals surface area contributed by atoms with Crippen molar-refractivity contribution in [2.45, 2.75) is 13.0 Å². The van der Waals surface area contributed by atoms with Crippen molar-refractivity contribution < 1.29 is 9.59 Å². The van der Waals surface area contributed by atoms with E-state index in [-0.39, 0.29) is 37.0 Å². The maximum atomic E-state index is 12.5. The summed E-state index contributed by atoms with van der Waals surface area (Å²) in [6.07, 6.45) is 1.81. The van der Waals surface area contributed by atoms with Crippen molar-refractivity contribution in [3.63, 3.8) is 0 Å². The number of nitrogens with one attached hydrogen (secondary N) is 1. The quantitative estimate of drug-likeness (QED) is 0.653. The largest absolute Gasteiger partial charge is 0.354 e. The van der Waals surface area contributed by atoms with E-state index in [0.29, 0.717) is 18.1 Å².